The first-order valence-electron chi connectivity index (χ1n) is 8.23. The van der Waals surface area contributed by atoms with Crippen LogP contribution in [0.25, 0.3) is 0 Å². The van der Waals surface area contributed by atoms with E-state index >= 15 is 0 Å². The molecule has 0 radical (unpaired) electrons. The molecule has 1 unspecified atom stereocenters. The van der Waals surface area contributed by atoms with Gasteiger partial charge in [-0.2, -0.15) is 4.31 Å². The average Bonchev–Trinajstić information content (AvgIpc) is 3.33. The summed E-state index contributed by atoms with van der Waals surface area (Å²) < 4.78 is 32.1. The second-order valence-electron chi connectivity index (χ2n) is 6.03. The summed E-state index contributed by atoms with van der Waals surface area (Å²) in [6, 6.07) is 10.8. The quantitative estimate of drug-likeness (QED) is 0.346. The Morgan fingerprint density at radius 1 is 1.37 bits per heavy atom. The van der Waals surface area contributed by atoms with E-state index in [0.29, 0.717) is 29.8 Å². The van der Waals surface area contributed by atoms with Crippen LogP contribution in [0.5, 0.6) is 5.75 Å². The molecule has 148 valence electrons. The largest absolute Gasteiger partial charge is 0.497 e. The van der Waals surface area contributed by atoms with Crippen molar-refractivity contribution in [1.29, 1.82) is 0 Å². The smallest absolute Gasteiger partial charge is 0.252 e. The molecule has 0 aliphatic carbocycles. The minimum atomic E-state index is -3.38. The summed E-state index contributed by atoms with van der Waals surface area (Å²) >= 11 is 1.24. The topological polar surface area (TPSA) is 97.0 Å². The Kier molecular flexibility index (Phi) is 7.89. The first-order chi connectivity index (χ1) is 12.5. The Hall–Kier alpha value is -1.37. The molecule has 0 amide bonds. The number of ether oxygens (including phenoxy) is 1. The van der Waals surface area contributed by atoms with Crippen molar-refractivity contribution in [2.45, 2.75) is 10.6 Å². The van der Waals surface area contributed by atoms with Crippen molar-refractivity contribution >= 4 is 57.0 Å². The van der Waals surface area contributed by atoms with Gasteiger partial charge in [0.2, 0.25) is 0 Å². The van der Waals surface area contributed by atoms with Gasteiger partial charge in [0.1, 0.15) is 9.96 Å². The first-order valence-corrected chi connectivity index (χ1v) is 10.6. The third-order valence-corrected chi connectivity index (χ3v) is 7.46. The van der Waals surface area contributed by atoms with Crippen LogP contribution >= 0.6 is 35.3 Å². The average molecular weight is 522 g/mol. The molecule has 1 saturated heterocycles. The third-order valence-electron chi connectivity index (χ3n) is 4.22. The van der Waals surface area contributed by atoms with Crippen LogP contribution in [0.15, 0.2) is 51.0 Å². The minimum Gasteiger partial charge on any atom is -0.497 e. The number of anilines is 1. The van der Waals surface area contributed by atoms with Gasteiger partial charge in [-0.05, 0) is 48.1 Å². The normalized spacial score (nSPS) is 18.1. The lowest BCUT2D eigenvalue weighted by Crippen LogP contribution is -2.29. The fourth-order valence-corrected chi connectivity index (χ4v) is 5.47. The van der Waals surface area contributed by atoms with E-state index in [9.17, 15) is 8.42 Å². The Balaban J connectivity index is 0.00000261. The number of sulfonamides is 1. The van der Waals surface area contributed by atoms with Crippen molar-refractivity contribution in [2.24, 2.45) is 16.6 Å². The molecule has 2 aromatic rings. The Labute approximate surface area is 180 Å². The molecule has 0 bridgehead atoms. The molecule has 1 atom stereocenters. The van der Waals surface area contributed by atoms with Crippen LogP contribution in [0.3, 0.4) is 0 Å². The number of benzene rings is 1. The molecule has 0 spiro atoms. The molecular formula is C17H23IN4O3S2. The number of guanidine groups is 1. The van der Waals surface area contributed by atoms with E-state index in [-0.39, 0.29) is 29.9 Å². The van der Waals surface area contributed by atoms with Crippen LogP contribution in [0.4, 0.5) is 5.69 Å². The van der Waals surface area contributed by atoms with E-state index in [1.807, 2.05) is 24.3 Å². The van der Waals surface area contributed by atoms with E-state index in [1.54, 1.807) is 24.6 Å². The van der Waals surface area contributed by atoms with E-state index in [1.165, 1.54) is 15.6 Å². The monoisotopic (exact) mass is 522 g/mol. The van der Waals surface area contributed by atoms with Crippen LogP contribution in [-0.2, 0) is 10.0 Å². The number of thiophene rings is 1. The molecule has 3 N–H and O–H groups in total. The van der Waals surface area contributed by atoms with Gasteiger partial charge in [-0.15, -0.1) is 35.3 Å². The van der Waals surface area contributed by atoms with Gasteiger partial charge in [0, 0.05) is 25.3 Å². The van der Waals surface area contributed by atoms with E-state index < -0.39 is 10.0 Å². The zero-order valence-electron chi connectivity index (χ0n) is 14.9. The van der Waals surface area contributed by atoms with Gasteiger partial charge in [-0.25, -0.2) is 8.42 Å². The highest BCUT2D eigenvalue weighted by atomic mass is 127. The van der Waals surface area contributed by atoms with E-state index in [0.717, 1.165) is 17.9 Å². The number of halogens is 1. The fourth-order valence-electron chi connectivity index (χ4n) is 2.79. The zero-order chi connectivity index (χ0) is 18.6. The molecule has 1 aromatic heterocycles. The molecule has 2 heterocycles. The highest BCUT2D eigenvalue weighted by Gasteiger charge is 2.32. The van der Waals surface area contributed by atoms with Gasteiger partial charge in [0.25, 0.3) is 10.0 Å². The van der Waals surface area contributed by atoms with Gasteiger partial charge in [0.15, 0.2) is 5.96 Å². The molecule has 7 nitrogen and oxygen atoms in total. The minimum absolute atomic E-state index is 0. The predicted octanol–water partition coefficient (Wildman–Crippen LogP) is 2.81. The summed E-state index contributed by atoms with van der Waals surface area (Å²) in [5, 5.41) is 4.80. The van der Waals surface area contributed by atoms with Gasteiger partial charge in [-0.3, -0.25) is 4.99 Å². The van der Waals surface area contributed by atoms with Crippen LogP contribution in [0.1, 0.15) is 6.42 Å². The fraction of sp³-hybridized carbons (Fsp3) is 0.353. The Morgan fingerprint density at radius 3 is 2.74 bits per heavy atom. The van der Waals surface area contributed by atoms with Gasteiger partial charge >= 0.3 is 0 Å². The van der Waals surface area contributed by atoms with Crippen LogP contribution in [-0.4, -0.2) is 45.4 Å². The molecule has 10 heteroatoms. The zero-order valence-corrected chi connectivity index (χ0v) is 18.8. The highest BCUT2D eigenvalue weighted by molar-refractivity contribution is 14.0. The van der Waals surface area contributed by atoms with Gasteiger partial charge < -0.3 is 15.8 Å². The first kappa shape index (κ1) is 21.9. The number of hydrogen-bond donors (Lipinski definition) is 2. The lowest BCUT2D eigenvalue weighted by molar-refractivity contribution is 0.415. The van der Waals surface area contributed by atoms with Crippen LogP contribution in [0.2, 0.25) is 0 Å². The summed E-state index contributed by atoms with van der Waals surface area (Å²) in [6.45, 7) is 1.48. The number of nitrogens with one attached hydrogen (secondary N) is 1. The standard InChI is InChI=1S/C17H22N4O3S2.HI/c1-24-15-6-4-14(5-7-15)20-17(18)19-11-13-8-9-21(12-13)26(22,23)16-3-2-10-25-16;/h2-7,10,13H,8-9,11-12H2,1H3,(H3,18,19,20);1H. The summed E-state index contributed by atoms with van der Waals surface area (Å²) in [5.74, 6) is 1.25. The van der Waals surface area contributed by atoms with Crippen molar-refractivity contribution in [3.05, 3.63) is 41.8 Å². The number of hydrogen-bond acceptors (Lipinski definition) is 5. The number of aliphatic imine (C=N–C) groups is 1. The highest BCUT2D eigenvalue weighted by Crippen LogP contribution is 2.27. The van der Waals surface area contributed by atoms with E-state index in [2.05, 4.69) is 10.3 Å². The maximum atomic E-state index is 12.5. The number of nitrogens with two attached hydrogens (primary N) is 1. The van der Waals surface area contributed by atoms with Crippen molar-refractivity contribution in [3.8, 4) is 5.75 Å². The number of methoxy groups -OCH3 is 1. The molecule has 1 aromatic carbocycles. The maximum absolute atomic E-state index is 12.5. The SMILES string of the molecule is COc1ccc(NC(N)=NCC2CCN(S(=O)(=O)c3cccs3)C2)cc1.I. The Bertz CT molecular complexity index is 855. The molecule has 1 aliphatic rings. The third kappa shape index (κ3) is 5.56. The predicted molar refractivity (Wildman–Crippen MR) is 120 cm³/mol. The van der Waals surface area contributed by atoms with Crippen molar-refractivity contribution < 1.29 is 13.2 Å². The second kappa shape index (κ2) is 9.71. The summed E-state index contributed by atoms with van der Waals surface area (Å²) in [5.41, 5.74) is 6.75. The van der Waals surface area contributed by atoms with Crippen molar-refractivity contribution in [2.75, 3.05) is 32.1 Å². The maximum Gasteiger partial charge on any atom is 0.252 e. The lowest BCUT2D eigenvalue weighted by atomic mass is 10.1. The molecule has 1 aliphatic heterocycles. The number of rotatable bonds is 6. The summed E-state index contributed by atoms with van der Waals surface area (Å²) in [6.07, 6.45) is 0.782. The lowest BCUT2D eigenvalue weighted by Gasteiger charge is -2.15. The van der Waals surface area contributed by atoms with Crippen molar-refractivity contribution in [1.82, 2.24) is 4.31 Å². The van der Waals surface area contributed by atoms with Gasteiger partial charge in [-0.1, -0.05) is 6.07 Å². The van der Waals surface area contributed by atoms with Gasteiger partial charge in [0.05, 0.1) is 7.11 Å². The summed E-state index contributed by atoms with van der Waals surface area (Å²) in [4.78, 5) is 4.36. The second-order valence-corrected chi connectivity index (χ2v) is 9.14. The molecular weight excluding hydrogens is 499 g/mol. The van der Waals surface area contributed by atoms with E-state index in [4.69, 9.17) is 10.5 Å². The molecule has 3 rings (SSSR count). The Morgan fingerprint density at radius 2 is 2.11 bits per heavy atom. The molecule has 0 saturated carbocycles. The summed E-state index contributed by atoms with van der Waals surface area (Å²) in [7, 11) is -1.76. The van der Waals surface area contributed by atoms with Crippen molar-refractivity contribution in [3.63, 3.8) is 0 Å². The number of nitrogens with zero attached hydrogens (tertiary/aromatic N) is 2. The molecule has 1 fully saturated rings. The van der Waals surface area contributed by atoms with Crippen LogP contribution in [0, 0.1) is 5.92 Å². The molecule has 27 heavy (non-hydrogen) atoms. The van der Waals surface area contributed by atoms with Crippen LogP contribution < -0.4 is 15.8 Å².